The molecule has 0 amide bonds. The highest BCUT2D eigenvalue weighted by molar-refractivity contribution is 5.85. The van der Waals surface area contributed by atoms with Crippen molar-refractivity contribution in [1.29, 1.82) is 0 Å². The molecule has 1 atom stereocenters. The fourth-order valence-electron chi connectivity index (χ4n) is 1.75. The van der Waals surface area contributed by atoms with Crippen LogP contribution >= 0.6 is 12.4 Å². The number of nitrogens with one attached hydrogen (secondary N) is 1. The lowest BCUT2D eigenvalue weighted by atomic mass is 10.1. The first-order valence-corrected chi connectivity index (χ1v) is 6.04. The third kappa shape index (κ3) is 4.56. The molecule has 0 unspecified atom stereocenters. The lowest BCUT2D eigenvalue weighted by Gasteiger charge is -2.10. The molecule has 2 aromatic carbocycles. The van der Waals surface area contributed by atoms with Crippen molar-refractivity contribution >= 4 is 18.1 Å². The van der Waals surface area contributed by atoms with E-state index in [1.54, 1.807) is 0 Å². The maximum absolute atomic E-state index is 8.97. The molecule has 4 heteroatoms. The highest BCUT2D eigenvalue weighted by Crippen LogP contribution is 2.15. The monoisotopic (exact) mass is 278 g/mol. The van der Waals surface area contributed by atoms with Crippen molar-refractivity contribution in [2.75, 3.05) is 11.9 Å². The van der Waals surface area contributed by atoms with Crippen molar-refractivity contribution < 1.29 is 5.11 Å². The number of benzene rings is 2. The van der Waals surface area contributed by atoms with Gasteiger partial charge >= 0.3 is 0 Å². The molecule has 0 saturated carbocycles. The minimum Gasteiger partial charge on any atom is -0.394 e. The number of hydrogen-bond acceptors (Lipinski definition) is 3. The predicted octanol–water partition coefficient (Wildman–Crippen LogP) is 2.71. The van der Waals surface area contributed by atoms with E-state index in [9.17, 15) is 0 Å². The second-order valence-corrected chi connectivity index (χ2v) is 4.25. The SMILES string of the molecule is Cl.N[C@@H](CO)c1ccc(NCc2ccccc2)cc1. The van der Waals surface area contributed by atoms with Crippen LogP contribution in [0, 0.1) is 0 Å². The van der Waals surface area contributed by atoms with Gasteiger partial charge in [0.15, 0.2) is 0 Å². The molecule has 2 rings (SSSR count). The Kier molecular flexibility index (Phi) is 6.36. The summed E-state index contributed by atoms with van der Waals surface area (Å²) in [5.41, 5.74) is 8.98. The molecule has 0 bridgehead atoms. The zero-order valence-electron chi connectivity index (χ0n) is 10.6. The maximum Gasteiger partial charge on any atom is 0.0624 e. The number of rotatable bonds is 5. The van der Waals surface area contributed by atoms with E-state index in [0.29, 0.717) is 0 Å². The van der Waals surface area contributed by atoms with Gasteiger partial charge in [-0.2, -0.15) is 0 Å². The first-order chi connectivity index (χ1) is 8.79. The van der Waals surface area contributed by atoms with Gasteiger partial charge < -0.3 is 16.2 Å². The van der Waals surface area contributed by atoms with E-state index >= 15 is 0 Å². The molecule has 0 radical (unpaired) electrons. The molecule has 0 heterocycles. The molecule has 2 aromatic rings. The average Bonchev–Trinajstić information content (AvgIpc) is 2.46. The first-order valence-electron chi connectivity index (χ1n) is 6.04. The summed E-state index contributed by atoms with van der Waals surface area (Å²) in [6, 6.07) is 17.8. The largest absolute Gasteiger partial charge is 0.394 e. The number of hydrogen-bond donors (Lipinski definition) is 3. The average molecular weight is 279 g/mol. The molecule has 0 saturated heterocycles. The zero-order valence-corrected chi connectivity index (χ0v) is 11.4. The summed E-state index contributed by atoms with van der Waals surface area (Å²) in [4.78, 5) is 0. The summed E-state index contributed by atoms with van der Waals surface area (Å²) in [5, 5.41) is 12.3. The Bertz CT molecular complexity index is 473. The van der Waals surface area contributed by atoms with Gasteiger partial charge in [0, 0.05) is 12.2 Å². The summed E-state index contributed by atoms with van der Waals surface area (Å²) in [7, 11) is 0. The maximum atomic E-state index is 8.97. The summed E-state index contributed by atoms with van der Waals surface area (Å²) in [5.74, 6) is 0. The van der Waals surface area contributed by atoms with Crippen LogP contribution in [-0.4, -0.2) is 11.7 Å². The minimum absolute atomic E-state index is 0. The Morgan fingerprint density at radius 1 is 1.00 bits per heavy atom. The summed E-state index contributed by atoms with van der Waals surface area (Å²) >= 11 is 0. The Labute approximate surface area is 119 Å². The van der Waals surface area contributed by atoms with Crippen LogP contribution in [0.15, 0.2) is 54.6 Å². The molecule has 3 nitrogen and oxygen atoms in total. The molecular weight excluding hydrogens is 260 g/mol. The van der Waals surface area contributed by atoms with Crippen LogP contribution in [0.2, 0.25) is 0 Å². The number of nitrogens with two attached hydrogens (primary N) is 1. The van der Waals surface area contributed by atoms with Crippen molar-refractivity contribution in [2.45, 2.75) is 12.6 Å². The van der Waals surface area contributed by atoms with Gasteiger partial charge in [0.05, 0.1) is 12.6 Å². The lowest BCUT2D eigenvalue weighted by molar-refractivity contribution is 0.268. The van der Waals surface area contributed by atoms with E-state index in [1.807, 2.05) is 42.5 Å². The van der Waals surface area contributed by atoms with Gasteiger partial charge in [0.1, 0.15) is 0 Å². The molecule has 102 valence electrons. The molecule has 0 aliphatic rings. The highest BCUT2D eigenvalue weighted by atomic mass is 35.5. The molecular formula is C15H19ClN2O. The Hall–Kier alpha value is -1.55. The smallest absolute Gasteiger partial charge is 0.0624 e. The van der Waals surface area contributed by atoms with Gasteiger partial charge in [0.2, 0.25) is 0 Å². The predicted molar refractivity (Wildman–Crippen MR) is 81.5 cm³/mol. The van der Waals surface area contributed by atoms with Gasteiger partial charge in [-0.05, 0) is 23.3 Å². The van der Waals surface area contributed by atoms with E-state index < -0.39 is 0 Å². The van der Waals surface area contributed by atoms with E-state index in [4.69, 9.17) is 10.8 Å². The zero-order chi connectivity index (χ0) is 12.8. The van der Waals surface area contributed by atoms with Gasteiger partial charge in [-0.15, -0.1) is 12.4 Å². The van der Waals surface area contributed by atoms with Crippen molar-refractivity contribution in [3.63, 3.8) is 0 Å². The molecule has 0 spiro atoms. The standard InChI is InChI=1S/C15H18N2O.ClH/c16-15(11-18)13-6-8-14(9-7-13)17-10-12-4-2-1-3-5-12;/h1-9,15,17-18H,10-11,16H2;1H/t15-;/m0./s1. The second kappa shape index (κ2) is 7.79. The molecule has 0 fully saturated rings. The number of aliphatic hydroxyl groups excluding tert-OH is 1. The summed E-state index contributed by atoms with van der Waals surface area (Å²) < 4.78 is 0. The molecule has 19 heavy (non-hydrogen) atoms. The van der Waals surface area contributed by atoms with Crippen molar-refractivity contribution in [3.05, 3.63) is 65.7 Å². The van der Waals surface area contributed by atoms with Gasteiger partial charge in [-0.1, -0.05) is 42.5 Å². The number of anilines is 1. The van der Waals surface area contributed by atoms with Crippen LogP contribution in [-0.2, 0) is 6.54 Å². The van der Waals surface area contributed by atoms with Crippen LogP contribution in [0.4, 0.5) is 5.69 Å². The van der Waals surface area contributed by atoms with Crippen LogP contribution in [0.5, 0.6) is 0 Å². The summed E-state index contributed by atoms with van der Waals surface area (Å²) in [6.07, 6.45) is 0. The van der Waals surface area contributed by atoms with E-state index in [2.05, 4.69) is 17.4 Å². The number of halogens is 1. The van der Waals surface area contributed by atoms with E-state index in [0.717, 1.165) is 17.8 Å². The Balaban J connectivity index is 0.00000180. The molecule has 0 aromatic heterocycles. The lowest BCUT2D eigenvalue weighted by Crippen LogP contribution is -2.14. The Morgan fingerprint density at radius 3 is 2.21 bits per heavy atom. The topological polar surface area (TPSA) is 58.3 Å². The normalized spacial score (nSPS) is 11.5. The third-order valence-corrected chi connectivity index (χ3v) is 2.87. The van der Waals surface area contributed by atoms with Crippen LogP contribution in [0.25, 0.3) is 0 Å². The first kappa shape index (κ1) is 15.5. The Morgan fingerprint density at radius 2 is 1.63 bits per heavy atom. The van der Waals surface area contributed by atoms with Gasteiger partial charge in [-0.3, -0.25) is 0 Å². The van der Waals surface area contributed by atoms with Crippen molar-refractivity contribution in [1.82, 2.24) is 0 Å². The van der Waals surface area contributed by atoms with E-state index in [-0.39, 0.29) is 25.1 Å². The fourth-order valence-corrected chi connectivity index (χ4v) is 1.75. The van der Waals surface area contributed by atoms with Gasteiger partial charge in [-0.25, -0.2) is 0 Å². The summed E-state index contributed by atoms with van der Waals surface area (Å²) in [6.45, 7) is 0.767. The quantitative estimate of drug-likeness (QED) is 0.788. The highest BCUT2D eigenvalue weighted by Gasteiger charge is 2.03. The van der Waals surface area contributed by atoms with Crippen molar-refractivity contribution in [3.8, 4) is 0 Å². The van der Waals surface area contributed by atoms with Crippen molar-refractivity contribution in [2.24, 2.45) is 5.73 Å². The molecule has 0 aliphatic heterocycles. The van der Waals surface area contributed by atoms with Gasteiger partial charge in [0.25, 0.3) is 0 Å². The van der Waals surface area contributed by atoms with Crippen LogP contribution in [0.1, 0.15) is 17.2 Å². The van der Waals surface area contributed by atoms with Crippen LogP contribution < -0.4 is 11.1 Å². The molecule has 4 N–H and O–H groups in total. The second-order valence-electron chi connectivity index (χ2n) is 4.25. The fraction of sp³-hybridized carbons (Fsp3) is 0.200. The van der Waals surface area contributed by atoms with E-state index in [1.165, 1.54) is 5.56 Å². The van der Waals surface area contributed by atoms with Crippen LogP contribution in [0.3, 0.4) is 0 Å². The number of aliphatic hydroxyl groups is 1. The minimum atomic E-state index is -0.298. The third-order valence-electron chi connectivity index (χ3n) is 2.87. The molecule has 0 aliphatic carbocycles.